The van der Waals surface area contributed by atoms with Crippen molar-refractivity contribution in [2.24, 2.45) is 5.41 Å². The molecule has 0 saturated heterocycles. The Balaban J connectivity index is 3.98. The largest absolute Gasteiger partial charge is 0.213 e. The molecule has 0 aliphatic heterocycles. The molecule has 0 heterocycles. The topological polar surface area (TPSA) is 37.4 Å². The zero-order chi connectivity index (χ0) is 9.99. The molecule has 4 heteroatoms. The molecule has 0 bridgehead atoms. The summed E-state index contributed by atoms with van der Waals surface area (Å²) in [6.07, 6.45) is 2.12. The number of nitrogens with zero attached hydrogens (tertiary/aromatic N) is 1. The summed E-state index contributed by atoms with van der Waals surface area (Å²) >= 11 is 0. The summed E-state index contributed by atoms with van der Waals surface area (Å²) in [4.78, 5) is 0. The molecule has 0 saturated carbocycles. The van der Waals surface area contributed by atoms with Crippen LogP contribution < -0.4 is 0 Å². The summed E-state index contributed by atoms with van der Waals surface area (Å²) in [6.45, 7) is 6.90. The Bertz CT molecular complexity index is 226. The summed E-state index contributed by atoms with van der Waals surface area (Å²) in [5, 5.41) is 0. The molecule has 12 heavy (non-hydrogen) atoms. The molecule has 0 fully saturated rings. The standard InChI is InChI=1S/C8H19NO2S/c1-8(2,3)6-7-9(4)12(5,10)11/h6-7H2,1-5H3. The maximum Gasteiger partial charge on any atom is 0.210 e. The van der Waals surface area contributed by atoms with Gasteiger partial charge in [0.15, 0.2) is 0 Å². The van der Waals surface area contributed by atoms with E-state index in [2.05, 4.69) is 20.8 Å². The van der Waals surface area contributed by atoms with Crippen LogP contribution in [0.1, 0.15) is 27.2 Å². The summed E-state index contributed by atoms with van der Waals surface area (Å²) in [5.74, 6) is 0. The molecule has 0 amide bonds. The highest BCUT2D eigenvalue weighted by Crippen LogP contribution is 2.18. The fourth-order valence-corrected chi connectivity index (χ4v) is 1.08. The third-order valence-corrected chi connectivity index (χ3v) is 3.06. The monoisotopic (exact) mass is 193 g/mol. The molecular weight excluding hydrogens is 174 g/mol. The van der Waals surface area contributed by atoms with Gasteiger partial charge in [-0.2, -0.15) is 0 Å². The Morgan fingerprint density at radius 2 is 1.67 bits per heavy atom. The molecule has 0 atom stereocenters. The van der Waals surface area contributed by atoms with Crippen molar-refractivity contribution in [3.05, 3.63) is 0 Å². The van der Waals surface area contributed by atoms with Crippen LogP contribution in [0.2, 0.25) is 0 Å². The third kappa shape index (κ3) is 5.55. The molecule has 0 aliphatic carbocycles. The highest BCUT2D eigenvalue weighted by molar-refractivity contribution is 7.88. The summed E-state index contributed by atoms with van der Waals surface area (Å²) in [6, 6.07) is 0. The van der Waals surface area contributed by atoms with E-state index in [9.17, 15) is 8.42 Å². The highest BCUT2D eigenvalue weighted by atomic mass is 32.2. The lowest BCUT2D eigenvalue weighted by Gasteiger charge is -2.21. The van der Waals surface area contributed by atoms with Crippen LogP contribution >= 0.6 is 0 Å². The van der Waals surface area contributed by atoms with Crippen LogP contribution in [-0.4, -0.2) is 32.6 Å². The van der Waals surface area contributed by atoms with Crippen molar-refractivity contribution in [2.75, 3.05) is 19.8 Å². The zero-order valence-corrected chi connectivity index (χ0v) is 9.40. The SMILES string of the molecule is CN(CCC(C)(C)C)S(C)(=O)=O. The molecule has 0 spiro atoms. The molecule has 0 unspecified atom stereocenters. The molecule has 0 aliphatic rings. The Labute approximate surface area is 75.8 Å². The first-order valence-electron chi connectivity index (χ1n) is 4.04. The number of rotatable bonds is 3. The van der Waals surface area contributed by atoms with E-state index >= 15 is 0 Å². The van der Waals surface area contributed by atoms with Gasteiger partial charge in [-0.15, -0.1) is 0 Å². The molecule has 3 nitrogen and oxygen atoms in total. The Morgan fingerprint density at radius 1 is 1.25 bits per heavy atom. The van der Waals surface area contributed by atoms with Gasteiger partial charge in [0, 0.05) is 13.6 Å². The van der Waals surface area contributed by atoms with Crippen molar-refractivity contribution in [3.8, 4) is 0 Å². The van der Waals surface area contributed by atoms with Crippen molar-refractivity contribution in [2.45, 2.75) is 27.2 Å². The molecule has 0 rings (SSSR count). The van der Waals surface area contributed by atoms with E-state index in [1.54, 1.807) is 7.05 Å². The van der Waals surface area contributed by atoms with Gasteiger partial charge in [0.05, 0.1) is 6.26 Å². The first-order chi connectivity index (χ1) is 5.13. The zero-order valence-electron chi connectivity index (χ0n) is 8.59. The van der Waals surface area contributed by atoms with E-state index in [0.29, 0.717) is 6.54 Å². The van der Waals surface area contributed by atoms with Crippen LogP contribution in [0.15, 0.2) is 0 Å². The minimum Gasteiger partial charge on any atom is -0.213 e. The van der Waals surface area contributed by atoms with Gasteiger partial charge >= 0.3 is 0 Å². The Morgan fingerprint density at radius 3 is 1.92 bits per heavy atom. The normalized spacial score (nSPS) is 13.8. The first-order valence-corrected chi connectivity index (χ1v) is 5.89. The lowest BCUT2D eigenvalue weighted by atomic mass is 9.92. The van der Waals surface area contributed by atoms with E-state index < -0.39 is 10.0 Å². The number of hydrogen-bond acceptors (Lipinski definition) is 2. The predicted octanol–water partition coefficient (Wildman–Crippen LogP) is 1.31. The van der Waals surface area contributed by atoms with Crippen LogP contribution in [-0.2, 0) is 10.0 Å². The van der Waals surface area contributed by atoms with Crippen molar-refractivity contribution in [1.82, 2.24) is 4.31 Å². The molecule has 0 aromatic heterocycles. The number of hydrogen-bond donors (Lipinski definition) is 0. The second-order valence-electron chi connectivity index (χ2n) is 4.40. The van der Waals surface area contributed by atoms with Gasteiger partial charge < -0.3 is 0 Å². The second kappa shape index (κ2) is 3.75. The maximum atomic E-state index is 11.0. The molecule has 0 aromatic rings. The van der Waals surface area contributed by atoms with Crippen molar-refractivity contribution in [1.29, 1.82) is 0 Å². The van der Waals surface area contributed by atoms with Crippen LogP contribution in [0.5, 0.6) is 0 Å². The van der Waals surface area contributed by atoms with E-state index in [0.717, 1.165) is 6.42 Å². The summed E-state index contributed by atoms with van der Waals surface area (Å²) < 4.78 is 23.3. The molecule has 0 aromatic carbocycles. The van der Waals surface area contributed by atoms with Crippen LogP contribution in [0, 0.1) is 5.41 Å². The van der Waals surface area contributed by atoms with Crippen LogP contribution in [0.3, 0.4) is 0 Å². The van der Waals surface area contributed by atoms with Gasteiger partial charge in [-0.1, -0.05) is 20.8 Å². The Kier molecular flexibility index (Phi) is 3.72. The van der Waals surface area contributed by atoms with Crippen LogP contribution in [0.4, 0.5) is 0 Å². The third-order valence-electron chi connectivity index (χ3n) is 1.74. The van der Waals surface area contributed by atoms with Gasteiger partial charge in [-0.3, -0.25) is 0 Å². The molecule has 0 radical (unpaired) electrons. The first kappa shape index (κ1) is 11.9. The average molecular weight is 193 g/mol. The van der Waals surface area contributed by atoms with Crippen molar-refractivity contribution >= 4 is 10.0 Å². The van der Waals surface area contributed by atoms with Gasteiger partial charge in [-0.25, -0.2) is 12.7 Å². The average Bonchev–Trinajstić information content (AvgIpc) is 1.78. The minimum atomic E-state index is -2.99. The van der Waals surface area contributed by atoms with Gasteiger partial charge in [0.2, 0.25) is 10.0 Å². The molecular formula is C8H19NO2S. The lowest BCUT2D eigenvalue weighted by molar-refractivity contribution is 0.332. The summed E-state index contributed by atoms with van der Waals surface area (Å²) in [7, 11) is -1.38. The van der Waals surface area contributed by atoms with E-state index in [4.69, 9.17) is 0 Å². The van der Waals surface area contributed by atoms with E-state index in [1.165, 1.54) is 10.6 Å². The van der Waals surface area contributed by atoms with E-state index in [1.807, 2.05) is 0 Å². The quantitative estimate of drug-likeness (QED) is 0.678. The van der Waals surface area contributed by atoms with Crippen molar-refractivity contribution in [3.63, 3.8) is 0 Å². The molecule has 0 N–H and O–H groups in total. The van der Waals surface area contributed by atoms with E-state index in [-0.39, 0.29) is 5.41 Å². The van der Waals surface area contributed by atoms with Crippen molar-refractivity contribution < 1.29 is 8.42 Å². The summed E-state index contributed by atoms with van der Waals surface area (Å²) in [5.41, 5.74) is 0.193. The number of sulfonamides is 1. The maximum absolute atomic E-state index is 11.0. The second-order valence-corrected chi connectivity index (χ2v) is 6.48. The minimum absolute atomic E-state index is 0.193. The van der Waals surface area contributed by atoms with Gasteiger partial charge in [0.25, 0.3) is 0 Å². The fourth-order valence-electron chi connectivity index (χ4n) is 0.659. The highest BCUT2D eigenvalue weighted by Gasteiger charge is 2.15. The smallest absolute Gasteiger partial charge is 0.210 e. The van der Waals surface area contributed by atoms with Gasteiger partial charge in [0.1, 0.15) is 0 Å². The van der Waals surface area contributed by atoms with Crippen LogP contribution in [0.25, 0.3) is 0 Å². The molecule has 74 valence electrons. The fraction of sp³-hybridized carbons (Fsp3) is 1.00. The lowest BCUT2D eigenvalue weighted by Crippen LogP contribution is -2.28. The van der Waals surface area contributed by atoms with Gasteiger partial charge in [-0.05, 0) is 11.8 Å². The Hall–Kier alpha value is -0.0900. The predicted molar refractivity (Wildman–Crippen MR) is 51.5 cm³/mol.